The first-order valence-electron chi connectivity index (χ1n) is 8.24. The fraction of sp³-hybridized carbons (Fsp3) is 0.474. The van der Waals surface area contributed by atoms with Crippen molar-refractivity contribution in [2.45, 2.75) is 45.6 Å². The van der Waals surface area contributed by atoms with Crippen LogP contribution in [0, 0.1) is 11.8 Å². The Hall–Kier alpha value is -1.70. The summed E-state index contributed by atoms with van der Waals surface area (Å²) in [6.45, 7) is 4.72. The predicted molar refractivity (Wildman–Crippen MR) is 90.0 cm³/mol. The highest BCUT2D eigenvalue weighted by atomic mass is 15.0. The van der Waals surface area contributed by atoms with E-state index in [1.54, 1.807) is 0 Å². The lowest BCUT2D eigenvalue weighted by atomic mass is 9.78. The zero-order valence-corrected chi connectivity index (χ0v) is 13.1. The van der Waals surface area contributed by atoms with Crippen LogP contribution in [0.2, 0.25) is 0 Å². The van der Waals surface area contributed by atoms with E-state index in [0.29, 0.717) is 6.04 Å². The molecule has 3 rings (SSSR count). The van der Waals surface area contributed by atoms with Crippen molar-refractivity contribution in [2.24, 2.45) is 11.8 Å². The third-order valence-electron chi connectivity index (χ3n) is 4.78. The van der Waals surface area contributed by atoms with Crippen molar-refractivity contribution >= 4 is 5.69 Å². The molecule has 0 aliphatic heterocycles. The average Bonchev–Trinajstić information content (AvgIpc) is 3.02. The van der Waals surface area contributed by atoms with Gasteiger partial charge in [0.1, 0.15) is 0 Å². The Morgan fingerprint density at radius 2 is 1.81 bits per heavy atom. The number of anilines is 1. The molecule has 2 nitrogen and oxygen atoms in total. The number of hydrogen-bond donors (Lipinski definition) is 1. The van der Waals surface area contributed by atoms with Gasteiger partial charge in [-0.05, 0) is 55.0 Å². The molecule has 0 spiro atoms. The summed E-state index contributed by atoms with van der Waals surface area (Å²) in [5.41, 5.74) is 2.47. The number of nitrogens with zero attached hydrogens (tertiary/aromatic N) is 1. The van der Waals surface area contributed by atoms with Gasteiger partial charge in [0.2, 0.25) is 0 Å². The molecular formula is C19H26N2. The minimum Gasteiger partial charge on any atom is -0.382 e. The molecule has 0 amide bonds. The first-order chi connectivity index (χ1) is 10.2. The molecule has 1 aromatic carbocycles. The first-order valence-corrected chi connectivity index (χ1v) is 8.24. The lowest BCUT2D eigenvalue weighted by Gasteiger charge is -2.35. The Morgan fingerprint density at radius 3 is 2.57 bits per heavy atom. The number of rotatable bonds is 4. The molecule has 1 aliphatic rings. The maximum absolute atomic E-state index is 3.80. The molecule has 0 bridgehead atoms. The second kappa shape index (κ2) is 6.38. The van der Waals surface area contributed by atoms with Crippen molar-refractivity contribution in [2.75, 3.05) is 5.32 Å². The molecule has 2 atom stereocenters. The first kappa shape index (κ1) is 14.2. The van der Waals surface area contributed by atoms with E-state index >= 15 is 0 Å². The van der Waals surface area contributed by atoms with Crippen LogP contribution in [0.4, 0.5) is 5.69 Å². The SMILES string of the molecule is CC(C)C1CCCCC1Nc1cccc(-n2cccc2)c1. The van der Waals surface area contributed by atoms with Crippen LogP contribution in [0.15, 0.2) is 48.8 Å². The maximum Gasteiger partial charge on any atom is 0.0469 e. The van der Waals surface area contributed by atoms with Gasteiger partial charge < -0.3 is 9.88 Å². The van der Waals surface area contributed by atoms with Crippen LogP contribution in [0.5, 0.6) is 0 Å². The number of hydrogen-bond acceptors (Lipinski definition) is 1. The summed E-state index contributed by atoms with van der Waals surface area (Å²) in [5.74, 6) is 1.56. The van der Waals surface area contributed by atoms with Crippen LogP contribution in [-0.4, -0.2) is 10.6 Å². The van der Waals surface area contributed by atoms with Crippen molar-refractivity contribution in [1.29, 1.82) is 0 Å². The maximum atomic E-state index is 3.80. The van der Waals surface area contributed by atoms with Crippen molar-refractivity contribution in [3.8, 4) is 5.69 Å². The minimum absolute atomic E-state index is 0.624. The summed E-state index contributed by atoms with van der Waals surface area (Å²) in [7, 11) is 0. The summed E-state index contributed by atoms with van der Waals surface area (Å²) in [4.78, 5) is 0. The van der Waals surface area contributed by atoms with Gasteiger partial charge in [0, 0.05) is 29.8 Å². The molecule has 2 unspecified atom stereocenters. The predicted octanol–water partition coefficient (Wildman–Crippen LogP) is 5.10. The zero-order valence-electron chi connectivity index (χ0n) is 13.1. The number of aromatic nitrogens is 1. The highest BCUT2D eigenvalue weighted by Crippen LogP contribution is 2.32. The molecule has 2 heteroatoms. The normalized spacial score (nSPS) is 22.4. The fourth-order valence-corrected chi connectivity index (χ4v) is 3.61. The fourth-order valence-electron chi connectivity index (χ4n) is 3.61. The lowest BCUT2D eigenvalue weighted by Crippen LogP contribution is -2.35. The van der Waals surface area contributed by atoms with Crippen LogP contribution >= 0.6 is 0 Å². The average molecular weight is 282 g/mol. The van der Waals surface area contributed by atoms with E-state index in [0.717, 1.165) is 11.8 Å². The lowest BCUT2D eigenvalue weighted by molar-refractivity contribution is 0.254. The second-order valence-corrected chi connectivity index (χ2v) is 6.58. The van der Waals surface area contributed by atoms with Crippen molar-refractivity contribution in [3.63, 3.8) is 0 Å². The molecule has 21 heavy (non-hydrogen) atoms. The van der Waals surface area contributed by atoms with Crippen molar-refractivity contribution < 1.29 is 0 Å². The van der Waals surface area contributed by atoms with E-state index in [1.165, 1.54) is 37.1 Å². The highest BCUT2D eigenvalue weighted by Gasteiger charge is 2.27. The van der Waals surface area contributed by atoms with Crippen LogP contribution < -0.4 is 5.32 Å². The van der Waals surface area contributed by atoms with Gasteiger partial charge in [-0.2, -0.15) is 0 Å². The van der Waals surface area contributed by atoms with Gasteiger partial charge in [-0.15, -0.1) is 0 Å². The molecule has 1 heterocycles. The largest absolute Gasteiger partial charge is 0.382 e. The van der Waals surface area contributed by atoms with Crippen molar-refractivity contribution in [1.82, 2.24) is 4.57 Å². The zero-order chi connectivity index (χ0) is 14.7. The Balaban J connectivity index is 1.76. The van der Waals surface area contributed by atoms with E-state index in [2.05, 4.69) is 72.5 Å². The Labute approximate surface area is 128 Å². The van der Waals surface area contributed by atoms with Gasteiger partial charge in [-0.3, -0.25) is 0 Å². The van der Waals surface area contributed by atoms with E-state index in [4.69, 9.17) is 0 Å². The van der Waals surface area contributed by atoms with Gasteiger partial charge in [-0.25, -0.2) is 0 Å². The molecule has 1 saturated carbocycles. The Kier molecular flexibility index (Phi) is 4.33. The van der Waals surface area contributed by atoms with Crippen LogP contribution in [-0.2, 0) is 0 Å². The topological polar surface area (TPSA) is 17.0 Å². The Morgan fingerprint density at radius 1 is 1.05 bits per heavy atom. The molecule has 2 aromatic rings. The van der Waals surface area contributed by atoms with Gasteiger partial charge in [0.25, 0.3) is 0 Å². The van der Waals surface area contributed by atoms with E-state index in [1.807, 2.05) is 0 Å². The quantitative estimate of drug-likeness (QED) is 0.825. The summed E-state index contributed by atoms with van der Waals surface area (Å²) < 4.78 is 2.16. The number of nitrogens with one attached hydrogen (secondary N) is 1. The molecule has 1 aliphatic carbocycles. The van der Waals surface area contributed by atoms with Gasteiger partial charge in [0.15, 0.2) is 0 Å². The molecule has 0 saturated heterocycles. The second-order valence-electron chi connectivity index (χ2n) is 6.58. The van der Waals surface area contributed by atoms with Crippen LogP contribution in [0.25, 0.3) is 5.69 Å². The summed E-state index contributed by atoms with van der Waals surface area (Å²) in [5, 5.41) is 3.80. The summed E-state index contributed by atoms with van der Waals surface area (Å²) in [6, 6.07) is 13.5. The van der Waals surface area contributed by atoms with E-state index in [9.17, 15) is 0 Å². The van der Waals surface area contributed by atoms with Crippen LogP contribution in [0.3, 0.4) is 0 Å². The summed E-state index contributed by atoms with van der Waals surface area (Å²) >= 11 is 0. The molecule has 112 valence electrons. The standard InChI is InChI=1S/C19H26N2/c1-15(2)18-10-3-4-11-19(18)20-16-8-7-9-17(14-16)21-12-5-6-13-21/h5-9,12-15,18-20H,3-4,10-11H2,1-2H3. The van der Waals surface area contributed by atoms with Gasteiger partial charge in [0.05, 0.1) is 0 Å². The van der Waals surface area contributed by atoms with Crippen molar-refractivity contribution in [3.05, 3.63) is 48.8 Å². The van der Waals surface area contributed by atoms with E-state index < -0.39 is 0 Å². The molecule has 1 fully saturated rings. The monoisotopic (exact) mass is 282 g/mol. The third-order valence-corrected chi connectivity index (χ3v) is 4.78. The smallest absolute Gasteiger partial charge is 0.0469 e. The minimum atomic E-state index is 0.624. The van der Waals surface area contributed by atoms with Gasteiger partial charge in [-0.1, -0.05) is 32.8 Å². The molecule has 1 N–H and O–H groups in total. The number of benzene rings is 1. The summed E-state index contributed by atoms with van der Waals surface area (Å²) in [6.07, 6.45) is 9.61. The highest BCUT2D eigenvalue weighted by molar-refractivity contribution is 5.52. The molecule has 1 aromatic heterocycles. The molecular weight excluding hydrogens is 256 g/mol. The van der Waals surface area contributed by atoms with Crippen LogP contribution in [0.1, 0.15) is 39.5 Å². The van der Waals surface area contributed by atoms with Gasteiger partial charge >= 0.3 is 0 Å². The third kappa shape index (κ3) is 3.31. The van der Waals surface area contributed by atoms with E-state index in [-0.39, 0.29) is 0 Å². The molecule has 0 radical (unpaired) electrons. The Bertz CT molecular complexity index is 557.